The summed E-state index contributed by atoms with van der Waals surface area (Å²) < 4.78 is 21.7. The molecule has 1 atom stereocenters. The van der Waals surface area contributed by atoms with Gasteiger partial charge in [-0.2, -0.15) is 0 Å². The summed E-state index contributed by atoms with van der Waals surface area (Å²) in [5, 5.41) is 1.03. The third kappa shape index (κ3) is 3.53. The predicted octanol–water partition coefficient (Wildman–Crippen LogP) is 3.94. The van der Waals surface area contributed by atoms with Crippen LogP contribution in [0.5, 0.6) is 0 Å². The summed E-state index contributed by atoms with van der Waals surface area (Å²) in [6, 6.07) is 6.16. The number of rotatable bonds is 4. The first-order chi connectivity index (χ1) is 17.7. The Kier molecular flexibility index (Phi) is 5.30. The molecule has 0 aromatic carbocycles. The summed E-state index contributed by atoms with van der Waals surface area (Å²) in [5.74, 6) is -0.780. The number of hydrogen-bond donors (Lipinski definition) is 1. The second kappa shape index (κ2) is 8.69. The second-order valence-corrected chi connectivity index (χ2v) is 9.91. The minimum Gasteiger partial charge on any atom is -0.381 e. The number of nitrogens with zero attached hydrogens (tertiary/aromatic N) is 4. The number of aromatic nitrogens is 5. The van der Waals surface area contributed by atoms with E-state index in [1.807, 2.05) is 29.2 Å². The molecule has 7 rings (SSSR count). The molecule has 9 nitrogen and oxygen atoms in total. The zero-order valence-corrected chi connectivity index (χ0v) is 20.1. The summed E-state index contributed by atoms with van der Waals surface area (Å²) in [4.78, 5) is 26.5. The van der Waals surface area contributed by atoms with Crippen molar-refractivity contribution in [1.82, 2.24) is 24.1 Å². The third-order valence-electron chi connectivity index (χ3n) is 7.77. The summed E-state index contributed by atoms with van der Waals surface area (Å²) in [6.07, 6.45) is 12.5. The van der Waals surface area contributed by atoms with Crippen LogP contribution in [0.1, 0.15) is 32.1 Å². The van der Waals surface area contributed by atoms with Crippen LogP contribution in [-0.2, 0) is 20.8 Å². The number of imidazole rings is 1. The van der Waals surface area contributed by atoms with Gasteiger partial charge in [0.2, 0.25) is 0 Å². The molecular weight excluding hydrogens is 458 g/mol. The van der Waals surface area contributed by atoms with E-state index in [-0.39, 0.29) is 11.6 Å². The topological polar surface area (TPSA) is 96.2 Å². The maximum Gasteiger partial charge on any atom is 0.334 e. The molecule has 1 unspecified atom stereocenters. The lowest BCUT2D eigenvalue weighted by Gasteiger charge is -2.39. The van der Waals surface area contributed by atoms with Gasteiger partial charge >= 0.3 is 5.69 Å². The Morgan fingerprint density at radius 1 is 1.08 bits per heavy atom. The number of fused-ring (bicyclic) bond motifs is 2. The average Bonchev–Trinajstić information content (AvgIpc) is 3.64. The standard InChI is InChI=1S/C27H29N5O4/c33-26-31(16-21-17-34-9-7-27(21)35-10-11-36-27)23-13-20(19-12-18-6-8-28-24(18)29-14-19)15-30-25(23)32(26)22-4-2-1-3-5-22/h4,6,8,12-15,21H,1-3,5,7,9-11,16-17H2,(H,28,29). The number of nitrogens with one attached hydrogen (secondary N) is 1. The third-order valence-corrected chi connectivity index (χ3v) is 7.77. The van der Waals surface area contributed by atoms with E-state index in [0.29, 0.717) is 45.0 Å². The Labute approximate surface area is 207 Å². The Hall–Kier alpha value is -3.27. The fraction of sp³-hybridized carbons (Fsp3) is 0.444. The van der Waals surface area contributed by atoms with Crippen LogP contribution in [0, 0.1) is 5.92 Å². The minimum absolute atomic E-state index is 0.0688. The molecule has 2 saturated heterocycles. The number of aromatic amines is 1. The first-order valence-electron chi connectivity index (χ1n) is 12.8. The van der Waals surface area contributed by atoms with Gasteiger partial charge in [0, 0.05) is 53.8 Å². The molecular formula is C27H29N5O4. The van der Waals surface area contributed by atoms with Crippen LogP contribution in [0.4, 0.5) is 0 Å². The van der Waals surface area contributed by atoms with Gasteiger partial charge in [0.25, 0.3) is 0 Å². The summed E-state index contributed by atoms with van der Waals surface area (Å²) in [7, 11) is 0. The number of allylic oxidation sites excluding steroid dienone is 2. The van der Waals surface area contributed by atoms with Crippen LogP contribution in [0.2, 0.25) is 0 Å². The molecule has 0 bridgehead atoms. The van der Waals surface area contributed by atoms with Crippen molar-refractivity contribution in [1.29, 1.82) is 0 Å². The van der Waals surface area contributed by atoms with Crippen molar-refractivity contribution in [2.24, 2.45) is 5.92 Å². The molecule has 2 aliphatic heterocycles. The number of hydrogen-bond acceptors (Lipinski definition) is 6. The fourth-order valence-corrected chi connectivity index (χ4v) is 5.88. The quantitative estimate of drug-likeness (QED) is 0.469. The van der Waals surface area contributed by atoms with Crippen LogP contribution < -0.4 is 5.69 Å². The second-order valence-electron chi connectivity index (χ2n) is 9.91. The highest BCUT2D eigenvalue weighted by Crippen LogP contribution is 2.37. The van der Waals surface area contributed by atoms with E-state index < -0.39 is 5.79 Å². The monoisotopic (exact) mass is 487 g/mol. The van der Waals surface area contributed by atoms with E-state index in [2.05, 4.69) is 28.2 Å². The Morgan fingerprint density at radius 3 is 2.81 bits per heavy atom. The largest absolute Gasteiger partial charge is 0.381 e. The van der Waals surface area contributed by atoms with E-state index in [1.165, 1.54) is 0 Å². The molecule has 3 aliphatic rings. The Balaban J connectivity index is 1.37. The van der Waals surface area contributed by atoms with Crippen molar-refractivity contribution >= 4 is 27.9 Å². The molecule has 0 saturated carbocycles. The van der Waals surface area contributed by atoms with Gasteiger partial charge in [-0.05, 0) is 43.9 Å². The highest BCUT2D eigenvalue weighted by atomic mass is 16.7. The predicted molar refractivity (Wildman–Crippen MR) is 135 cm³/mol. The van der Waals surface area contributed by atoms with Gasteiger partial charge in [0.15, 0.2) is 11.4 Å². The number of pyridine rings is 2. The maximum atomic E-state index is 14.0. The molecule has 4 aromatic rings. The first-order valence-corrected chi connectivity index (χ1v) is 12.8. The van der Waals surface area contributed by atoms with Gasteiger partial charge in [0.1, 0.15) is 5.65 Å². The molecule has 36 heavy (non-hydrogen) atoms. The molecule has 1 spiro atoms. The zero-order valence-electron chi connectivity index (χ0n) is 20.1. The molecule has 186 valence electrons. The summed E-state index contributed by atoms with van der Waals surface area (Å²) in [6.45, 7) is 2.67. The van der Waals surface area contributed by atoms with Gasteiger partial charge in [0.05, 0.1) is 37.9 Å². The average molecular weight is 488 g/mol. The normalized spacial score (nSPS) is 22.0. The van der Waals surface area contributed by atoms with Crippen molar-refractivity contribution in [3.63, 3.8) is 0 Å². The molecule has 0 radical (unpaired) electrons. The Bertz CT molecular complexity index is 1520. The van der Waals surface area contributed by atoms with Crippen LogP contribution in [0.15, 0.2) is 47.7 Å². The van der Waals surface area contributed by atoms with Crippen LogP contribution in [0.3, 0.4) is 0 Å². The number of H-pyrrole nitrogens is 1. The first kappa shape index (κ1) is 22.0. The fourth-order valence-electron chi connectivity index (χ4n) is 5.88. The van der Waals surface area contributed by atoms with E-state index in [4.69, 9.17) is 19.2 Å². The van der Waals surface area contributed by atoms with Gasteiger partial charge in [-0.25, -0.2) is 19.3 Å². The van der Waals surface area contributed by atoms with Crippen LogP contribution in [-0.4, -0.2) is 56.3 Å². The van der Waals surface area contributed by atoms with Crippen molar-refractivity contribution in [2.45, 2.75) is 44.4 Å². The zero-order chi connectivity index (χ0) is 24.1. The van der Waals surface area contributed by atoms with Gasteiger partial charge < -0.3 is 19.2 Å². The highest BCUT2D eigenvalue weighted by molar-refractivity contribution is 5.85. The minimum atomic E-state index is -0.690. The van der Waals surface area contributed by atoms with Crippen molar-refractivity contribution in [2.75, 3.05) is 26.4 Å². The molecule has 9 heteroatoms. The molecule has 1 N–H and O–H groups in total. The van der Waals surface area contributed by atoms with Crippen molar-refractivity contribution < 1.29 is 14.2 Å². The summed E-state index contributed by atoms with van der Waals surface area (Å²) in [5.41, 5.74) is 5.18. The van der Waals surface area contributed by atoms with Crippen LogP contribution >= 0.6 is 0 Å². The SMILES string of the molecule is O=c1n(CC2COCCC23OCCO3)c2cc(-c3cnc4[nH]ccc4c3)cnc2n1C1=CCCCC1. The van der Waals surface area contributed by atoms with Crippen LogP contribution in [0.25, 0.3) is 39.0 Å². The van der Waals surface area contributed by atoms with Crippen molar-refractivity contribution in [3.8, 4) is 11.1 Å². The van der Waals surface area contributed by atoms with Gasteiger partial charge in [-0.1, -0.05) is 6.08 Å². The smallest absolute Gasteiger partial charge is 0.334 e. The van der Waals surface area contributed by atoms with Crippen molar-refractivity contribution in [3.05, 3.63) is 53.3 Å². The highest BCUT2D eigenvalue weighted by Gasteiger charge is 2.47. The lowest BCUT2D eigenvalue weighted by atomic mass is 9.94. The van der Waals surface area contributed by atoms with Gasteiger partial charge in [-0.15, -0.1) is 0 Å². The molecule has 0 amide bonds. The van der Waals surface area contributed by atoms with E-state index in [1.54, 1.807) is 4.57 Å². The lowest BCUT2D eigenvalue weighted by Crippen LogP contribution is -2.49. The molecule has 4 aromatic heterocycles. The number of ether oxygens (including phenoxy) is 3. The Morgan fingerprint density at radius 2 is 1.94 bits per heavy atom. The van der Waals surface area contributed by atoms with Gasteiger partial charge in [-0.3, -0.25) is 4.57 Å². The summed E-state index contributed by atoms with van der Waals surface area (Å²) >= 11 is 0. The van der Waals surface area contributed by atoms with E-state index in [0.717, 1.165) is 59.1 Å². The van der Waals surface area contributed by atoms with E-state index in [9.17, 15) is 4.79 Å². The molecule has 1 aliphatic carbocycles. The molecule has 2 fully saturated rings. The molecule has 6 heterocycles. The maximum absolute atomic E-state index is 14.0. The van der Waals surface area contributed by atoms with E-state index >= 15 is 0 Å². The lowest BCUT2D eigenvalue weighted by molar-refractivity contribution is -0.242.